The molecule has 0 aliphatic heterocycles. The molecular formula is C26H35N5O6. The van der Waals surface area contributed by atoms with Gasteiger partial charge in [0.25, 0.3) is 0 Å². The first kappa shape index (κ1) is 29.3. The molecule has 200 valence electrons. The van der Waals surface area contributed by atoms with Crippen molar-refractivity contribution in [1.29, 1.82) is 0 Å². The van der Waals surface area contributed by atoms with Crippen molar-refractivity contribution in [3.05, 3.63) is 65.7 Å². The number of aliphatic carboxylic acids is 1. The quantitative estimate of drug-likeness (QED) is 0.159. The molecular weight excluding hydrogens is 478 g/mol. The highest BCUT2D eigenvalue weighted by molar-refractivity contribution is 5.93. The molecule has 0 fully saturated rings. The van der Waals surface area contributed by atoms with E-state index < -0.39 is 41.8 Å². The first-order valence-corrected chi connectivity index (χ1v) is 12.1. The number of hydrogen-bond acceptors (Lipinski definition) is 7. The minimum atomic E-state index is -1.27. The SMILES string of the molecule is NCCCCC(NC(=O)CN)C(=O)NC(Cc1ccccc1)C(=O)NC(Cc1ccc(O)cc1)C(=O)O. The Hall–Kier alpha value is -3.96. The van der Waals surface area contributed by atoms with Crippen molar-refractivity contribution in [2.75, 3.05) is 13.1 Å². The van der Waals surface area contributed by atoms with E-state index in [1.807, 2.05) is 6.07 Å². The third kappa shape index (κ3) is 10.3. The monoisotopic (exact) mass is 513 g/mol. The number of benzene rings is 2. The molecule has 2 aromatic carbocycles. The third-order valence-electron chi connectivity index (χ3n) is 5.69. The number of carboxylic acid groups (broad SMARTS) is 1. The van der Waals surface area contributed by atoms with Crippen LogP contribution in [0.1, 0.15) is 30.4 Å². The maximum atomic E-state index is 13.3. The van der Waals surface area contributed by atoms with Crippen molar-refractivity contribution in [3.63, 3.8) is 0 Å². The lowest BCUT2D eigenvalue weighted by Gasteiger charge is -2.25. The van der Waals surface area contributed by atoms with Crippen LogP contribution in [0.2, 0.25) is 0 Å². The van der Waals surface area contributed by atoms with Gasteiger partial charge in [0.2, 0.25) is 17.7 Å². The summed E-state index contributed by atoms with van der Waals surface area (Å²) < 4.78 is 0. The van der Waals surface area contributed by atoms with E-state index in [0.717, 1.165) is 5.56 Å². The smallest absolute Gasteiger partial charge is 0.326 e. The summed E-state index contributed by atoms with van der Waals surface area (Å²) in [6.45, 7) is 0.127. The van der Waals surface area contributed by atoms with E-state index in [1.54, 1.807) is 36.4 Å². The number of carboxylic acids is 1. The number of phenolic OH excluding ortho intramolecular Hbond substituents is 1. The predicted molar refractivity (Wildman–Crippen MR) is 137 cm³/mol. The number of unbranched alkanes of at least 4 members (excludes halogenated alkanes) is 1. The van der Waals surface area contributed by atoms with Crippen molar-refractivity contribution in [1.82, 2.24) is 16.0 Å². The number of amides is 3. The molecule has 0 bridgehead atoms. The van der Waals surface area contributed by atoms with Crippen LogP contribution >= 0.6 is 0 Å². The van der Waals surface area contributed by atoms with Gasteiger partial charge in [-0.1, -0.05) is 42.5 Å². The van der Waals surface area contributed by atoms with Gasteiger partial charge in [-0.05, 0) is 49.1 Å². The largest absolute Gasteiger partial charge is 0.508 e. The number of nitrogens with two attached hydrogens (primary N) is 2. The summed E-state index contributed by atoms with van der Waals surface area (Å²) in [5, 5.41) is 26.9. The molecule has 0 saturated heterocycles. The molecule has 9 N–H and O–H groups in total. The first-order valence-electron chi connectivity index (χ1n) is 12.1. The zero-order chi connectivity index (χ0) is 27.2. The summed E-state index contributed by atoms with van der Waals surface area (Å²) in [4.78, 5) is 50.2. The second kappa shape index (κ2) is 15.2. The van der Waals surface area contributed by atoms with E-state index in [4.69, 9.17) is 11.5 Å². The van der Waals surface area contributed by atoms with Crippen molar-refractivity contribution < 1.29 is 29.4 Å². The van der Waals surface area contributed by atoms with Crippen molar-refractivity contribution in [2.24, 2.45) is 11.5 Å². The van der Waals surface area contributed by atoms with E-state index in [0.29, 0.717) is 31.4 Å². The van der Waals surface area contributed by atoms with Crippen LogP contribution in [-0.4, -0.2) is 65.1 Å². The fourth-order valence-electron chi connectivity index (χ4n) is 3.69. The van der Waals surface area contributed by atoms with E-state index in [1.165, 1.54) is 12.1 Å². The Morgan fingerprint density at radius 1 is 0.730 bits per heavy atom. The summed E-state index contributed by atoms with van der Waals surface area (Å²) in [6, 6.07) is 11.6. The highest BCUT2D eigenvalue weighted by Gasteiger charge is 2.29. The highest BCUT2D eigenvalue weighted by atomic mass is 16.4. The van der Waals surface area contributed by atoms with E-state index in [2.05, 4.69) is 16.0 Å². The molecule has 0 aliphatic rings. The summed E-state index contributed by atoms with van der Waals surface area (Å²) in [7, 11) is 0. The van der Waals surface area contributed by atoms with E-state index in [-0.39, 0.29) is 25.1 Å². The lowest BCUT2D eigenvalue weighted by atomic mass is 10.0. The van der Waals surface area contributed by atoms with Gasteiger partial charge in [0.05, 0.1) is 6.54 Å². The number of aromatic hydroxyl groups is 1. The van der Waals surface area contributed by atoms with Gasteiger partial charge in [-0.3, -0.25) is 14.4 Å². The van der Waals surface area contributed by atoms with Crippen LogP contribution in [0.15, 0.2) is 54.6 Å². The van der Waals surface area contributed by atoms with Crippen LogP contribution < -0.4 is 27.4 Å². The fraction of sp³-hybridized carbons (Fsp3) is 0.385. The second-order valence-electron chi connectivity index (χ2n) is 8.63. The molecule has 2 rings (SSSR count). The second-order valence-corrected chi connectivity index (χ2v) is 8.63. The molecule has 3 atom stereocenters. The zero-order valence-electron chi connectivity index (χ0n) is 20.6. The van der Waals surface area contributed by atoms with Gasteiger partial charge in [0.1, 0.15) is 23.9 Å². The van der Waals surface area contributed by atoms with Crippen molar-refractivity contribution in [2.45, 2.75) is 50.2 Å². The summed E-state index contributed by atoms with van der Waals surface area (Å²) in [6.07, 6.45) is 1.59. The molecule has 37 heavy (non-hydrogen) atoms. The average Bonchev–Trinajstić information content (AvgIpc) is 2.88. The zero-order valence-corrected chi connectivity index (χ0v) is 20.6. The topological polar surface area (TPSA) is 197 Å². The first-order chi connectivity index (χ1) is 17.7. The van der Waals surface area contributed by atoms with Gasteiger partial charge < -0.3 is 37.6 Å². The van der Waals surface area contributed by atoms with Crippen molar-refractivity contribution >= 4 is 23.7 Å². The Labute approximate surface area is 215 Å². The minimum Gasteiger partial charge on any atom is -0.508 e. The van der Waals surface area contributed by atoms with Gasteiger partial charge >= 0.3 is 5.97 Å². The Morgan fingerprint density at radius 2 is 1.30 bits per heavy atom. The highest BCUT2D eigenvalue weighted by Crippen LogP contribution is 2.12. The number of carbonyl (C=O) groups excluding carboxylic acids is 3. The average molecular weight is 514 g/mol. The van der Waals surface area contributed by atoms with Gasteiger partial charge in [0, 0.05) is 12.8 Å². The van der Waals surface area contributed by atoms with Crippen LogP contribution in [0.25, 0.3) is 0 Å². The Morgan fingerprint density at radius 3 is 1.89 bits per heavy atom. The molecule has 0 radical (unpaired) electrons. The Kier molecular flexibility index (Phi) is 12.0. The summed E-state index contributed by atoms with van der Waals surface area (Å²) >= 11 is 0. The number of nitrogens with one attached hydrogen (secondary N) is 3. The standard InChI is InChI=1S/C26H35N5O6/c27-13-5-4-8-20(29-23(33)16-28)24(34)30-21(14-17-6-2-1-3-7-17)25(35)31-22(26(36)37)15-18-9-11-19(32)12-10-18/h1-3,6-7,9-12,20-22,32H,4-5,8,13-16,27-28H2,(H,29,33)(H,30,34)(H,31,35)(H,36,37). The van der Waals surface area contributed by atoms with Gasteiger partial charge in [0.15, 0.2) is 0 Å². The number of phenols is 1. The van der Waals surface area contributed by atoms with Gasteiger partial charge in [-0.15, -0.1) is 0 Å². The fourth-order valence-corrected chi connectivity index (χ4v) is 3.69. The summed E-state index contributed by atoms with van der Waals surface area (Å²) in [5.41, 5.74) is 12.3. The predicted octanol–water partition coefficient (Wildman–Crippen LogP) is -0.196. The molecule has 11 heteroatoms. The number of rotatable bonds is 15. The van der Waals surface area contributed by atoms with Crippen LogP contribution in [0.5, 0.6) is 5.75 Å². The molecule has 0 saturated carbocycles. The molecule has 0 aromatic heterocycles. The molecule has 2 aromatic rings. The van der Waals surface area contributed by atoms with Crippen molar-refractivity contribution in [3.8, 4) is 5.75 Å². The van der Waals surface area contributed by atoms with E-state index in [9.17, 15) is 29.4 Å². The van der Waals surface area contributed by atoms with Crippen LogP contribution in [0.4, 0.5) is 0 Å². The normalized spacial score (nSPS) is 13.1. The number of hydrogen-bond donors (Lipinski definition) is 7. The Balaban J connectivity index is 2.21. The maximum absolute atomic E-state index is 13.3. The van der Waals surface area contributed by atoms with Crippen LogP contribution in [0.3, 0.4) is 0 Å². The summed E-state index contributed by atoms with van der Waals surface area (Å²) in [5.74, 6) is -3.00. The third-order valence-corrected chi connectivity index (χ3v) is 5.69. The minimum absolute atomic E-state index is 0.0262. The maximum Gasteiger partial charge on any atom is 0.326 e. The number of carbonyl (C=O) groups is 4. The van der Waals surface area contributed by atoms with Crippen LogP contribution in [0, 0.1) is 0 Å². The molecule has 11 nitrogen and oxygen atoms in total. The molecule has 3 unspecified atom stereocenters. The van der Waals surface area contributed by atoms with E-state index >= 15 is 0 Å². The lowest BCUT2D eigenvalue weighted by Crippen LogP contribution is -2.57. The molecule has 0 aliphatic carbocycles. The van der Waals surface area contributed by atoms with Gasteiger partial charge in [-0.25, -0.2) is 4.79 Å². The molecule has 3 amide bonds. The molecule has 0 heterocycles. The molecule has 0 spiro atoms. The Bertz CT molecular complexity index is 1030. The van der Waals surface area contributed by atoms with Gasteiger partial charge in [-0.2, -0.15) is 0 Å². The lowest BCUT2D eigenvalue weighted by molar-refractivity contribution is -0.142. The van der Waals surface area contributed by atoms with Crippen LogP contribution in [-0.2, 0) is 32.0 Å².